The van der Waals surface area contributed by atoms with Crippen LogP contribution < -0.4 is 0 Å². The third-order valence-corrected chi connectivity index (χ3v) is 2.79. The van der Waals surface area contributed by atoms with Crippen LogP contribution in [0.4, 0.5) is 4.39 Å². The summed E-state index contributed by atoms with van der Waals surface area (Å²) in [6.45, 7) is 3.68. The number of halogens is 1. The molecule has 0 aliphatic heterocycles. The van der Waals surface area contributed by atoms with Crippen LogP contribution in [0.3, 0.4) is 0 Å². The molecule has 1 N–H and O–H groups in total. The molecule has 78 valence electrons. The summed E-state index contributed by atoms with van der Waals surface area (Å²) in [6, 6.07) is 3.36. The Morgan fingerprint density at radius 1 is 1.43 bits per heavy atom. The van der Waals surface area contributed by atoms with Crippen molar-refractivity contribution in [3.05, 3.63) is 34.6 Å². The van der Waals surface area contributed by atoms with Crippen LogP contribution in [0.5, 0.6) is 0 Å². The number of aryl methyl sites for hydroxylation is 2. The van der Waals surface area contributed by atoms with Crippen molar-refractivity contribution in [1.29, 1.82) is 0 Å². The molecule has 0 spiro atoms. The molecular weight excluding hydrogens is 199 g/mol. The van der Waals surface area contributed by atoms with Crippen LogP contribution in [0.2, 0.25) is 0 Å². The number of aliphatic hydroxyl groups is 1. The standard InChI is InChI=1S/C11H15FOS/c1-7-4-8(2)11(9(12)5-7)10(13)6-14-3/h4-5,10,13H,6H2,1-3H3. The second-order valence-electron chi connectivity index (χ2n) is 3.45. The monoisotopic (exact) mass is 214 g/mol. The van der Waals surface area contributed by atoms with E-state index in [-0.39, 0.29) is 5.82 Å². The van der Waals surface area contributed by atoms with Gasteiger partial charge in [-0.2, -0.15) is 11.8 Å². The molecule has 1 rings (SSSR count). The van der Waals surface area contributed by atoms with E-state index in [4.69, 9.17) is 0 Å². The molecule has 0 fully saturated rings. The fraction of sp³-hybridized carbons (Fsp3) is 0.455. The van der Waals surface area contributed by atoms with Crippen molar-refractivity contribution in [1.82, 2.24) is 0 Å². The molecule has 0 aliphatic carbocycles. The van der Waals surface area contributed by atoms with Crippen molar-refractivity contribution in [2.75, 3.05) is 12.0 Å². The molecule has 1 unspecified atom stereocenters. The maximum atomic E-state index is 13.5. The van der Waals surface area contributed by atoms with Gasteiger partial charge in [-0.25, -0.2) is 4.39 Å². The number of benzene rings is 1. The SMILES string of the molecule is CSCC(O)c1c(C)cc(C)cc1F. The van der Waals surface area contributed by atoms with E-state index in [9.17, 15) is 9.50 Å². The topological polar surface area (TPSA) is 20.2 Å². The predicted octanol–water partition coefficient (Wildman–Crippen LogP) is 2.84. The quantitative estimate of drug-likeness (QED) is 0.835. The van der Waals surface area contributed by atoms with E-state index in [0.29, 0.717) is 11.3 Å². The minimum Gasteiger partial charge on any atom is -0.387 e. The van der Waals surface area contributed by atoms with Gasteiger partial charge in [-0.05, 0) is 37.3 Å². The van der Waals surface area contributed by atoms with Crippen molar-refractivity contribution >= 4 is 11.8 Å². The van der Waals surface area contributed by atoms with Crippen LogP contribution in [-0.4, -0.2) is 17.1 Å². The summed E-state index contributed by atoms with van der Waals surface area (Å²) in [7, 11) is 0. The van der Waals surface area contributed by atoms with Crippen molar-refractivity contribution in [3.8, 4) is 0 Å². The summed E-state index contributed by atoms with van der Waals surface area (Å²) >= 11 is 1.51. The van der Waals surface area contributed by atoms with Crippen LogP contribution in [-0.2, 0) is 0 Å². The molecule has 0 saturated carbocycles. The highest BCUT2D eigenvalue weighted by molar-refractivity contribution is 7.98. The first-order valence-corrected chi connectivity index (χ1v) is 5.89. The molecule has 14 heavy (non-hydrogen) atoms. The van der Waals surface area contributed by atoms with Gasteiger partial charge in [0.25, 0.3) is 0 Å². The fourth-order valence-corrected chi connectivity index (χ4v) is 2.07. The van der Waals surface area contributed by atoms with Crippen molar-refractivity contribution in [2.45, 2.75) is 20.0 Å². The summed E-state index contributed by atoms with van der Waals surface area (Å²) < 4.78 is 13.5. The molecule has 0 aliphatic rings. The molecule has 1 nitrogen and oxygen atoms in total. The second-order valence-corrected chi connectivity index (χ2v) is 4.36. The van der Waals surface area contributed by atoms with Gasteiger partial charge in [0.1, 0.15) is 5.82 Å². The Labute approximate surface area is 88.3 Å². The van der Waals surface area contributed by atoms with Gasteiger partial charge in [0, 0.05) is 11.3 Å². The second kappa shape index (κ2) is 4.80. The molecule has 1 aromatic carbocycles. The minimum atomic E-state index is -0.703. The molecule has 3 heteroatoms. The summed E-state index contributed by atoms with van der Waals surface area (Å²) in [5.41, 5.74) is 2.15. The van der Waals surface area contributed by atoms with Gasteiger partial charge >= 0.3 is 0 Å². The molecule has 0 aromatic heterocycles. The zero-order valence-electron chi connectivity index (χ0n) is 8.67. The summed E-state index contributed by atoms with van der Waals surface area (Å²) in [5, 5.41) is 9.71. The lowest BCUT2D eigenvalue weighted by molar-refractivity contribution is 0.198. The molecule has 0 amide bonds. The lowest BCUT2D eigenvalue weighted by atomic mass is 10.0. The van der Waals surface area contributed by atoms with Gasteiger partial charge in [-0.1, -0.05) is 6.07 Å². The average molecular weight is 214 g/mol. The van der Waals surface area contributed by atoms with Gasteiger partial charge in [0.05, 0.1) is 6.10 Å². The van der Waals surface area contributed by atoms with Crippen LogP contribution in [0.25, 0.3) is 0 Å². The Kier molecular flexibility index (Phi) is 3.96. The van der Waals surface area contributed by atoms with E-state index in [1.807, 2.05) is 26.2 Å². The van der Waals surface area contributed by atoms with Gasteiger partial charge in [0.15, 0.2) is 0 Å². The molecule has 0 heterocycles. The highest BCUT2D eigenvalue weighted by atomic mass is 32.2. The Morgan fingerprint density at radius 3 is 2.57 bits per heavy atom. The molecule has 0 bridgehead atoms. The maximum absolute atomic E-state index is 13.5. The van der Waals surface area contributed by atoms with Gasteiger partial charge in [-0.15, -0.1) is 0 Å². The summed E-state index contributed by atoms with van der Waals surface area (Å²) in [4.78, 5) is 0. The zero-order valence-corrected chi connectivity index (χ0v) is 9.49. The van der Waals surface area contributed by atoms with E-state index < -0.39 is 6.10 Å². The smallest absolute Gasteiger partial charge is 0.129 e. The van der Waals surface area contributed by atoms with Crippen LogP contribution >= 0.6 is 11.8 Å². The highest BCUT2D eigenvalue weighted by Gasteiger charge is 2.15. The first-order valence-electron chi connectivity index (χ1n) is 4.50. The highest BCUT2D eigenvalue weighted by Crippen LogP contribution is 2.24. The largest absolute Gasteiger partial charge is 0.387 e. The van der Waals surface area contributed by atoms with Crippen LogP contribution in [0.15, 0.2) is 12.1 Å². The maximum Gasteiger partial charge on any atom is 0.129 e. The van der Waals surface area contributed by atoms with E-state index in [1.165, 1.54) is 17.8 Å². The van der Waals surface area contributed by atoms with Gasteiger partial charge < -0.3 is 5.11 Å². The lowest BCUT2D eigenvalue weighted by Gasteiger charge is -2.14. The Bertz CT molecular complexity index is 302. The lowest BCUT2D eigenvalue weighted by Crippen LogP contribution is -2.06. The Hall–Kier alpha value is -0.540. The van der Waals surface area contributed by atoms with E-state index in [1.54, 1.807) is 0 Å². The number of rotatable bonds is 3. The van der Waals surface area contributed by atoms with E-state index >= 15 is 0 Å². The predicted molar refractivity (Wildman–Crippen MR) is 59.2 cm³/mol. The number of hydrogen-bond donors (Lipinski definition) is 1. The third-order valence-electron chi connectivity index (χ3n) is 2.14. The molecular formula is C11H15FOS. The molecule has 0 saturated heterocycles. The summed E-state index contributed by atoms with van der Waals surface area (Å²) in [5.74, 6) is 0.227. The Balaban J connectivity index is 3.07. The van der Waals surface area contributed by atoms with Crippen molar-refractivity contribution in [3.63, 3.8) is 0 Å². The molecule has 0 radical (unpaired) electrons. The Morgan fingerprint density at radius 2 is 2.07 bits per heavy atom. The van der Waals surface area contributed by atoms with E-state index in [0.717, 1.165) is 11.1 Å². The number of thioether (sulfide) groups is 1. The first-order chi connectivity index (χ1) is 6.56. The zero-order chi connectivity index (χ0) is 10.7. The van der Waals surface area contributed by atoms with Crippen molar-refractivity contribution in [2.24, 2.45) is 0 Å². The molecule has 1 aromatic rings. The van der Waals surface area contributed by atoms with Crippen LogP contribution in [0.1, 0.15) is 22.8 Å². The molecule has 1 atom stereocenters. The number of aliphatic hydroxyl groups excluding tert-OH is 1. The third kappa shape index (κ3) is 2.49. The summed E-state index contributed by atoms with van der Waals surface area (Å²) in [6.07, 6.45) is 1.19. The number of hydrogen-bond acceptors (Lipinski definition) is 2. The normalized spacial score (nSPS) is 12.9. The van der Waals surface area contributed by atoms with Gasteiger partial charge in [0.2, 0.25) is 0 Å². The van der Waals surface area contributed by atoms with E-state index in [2.05, 4.69) is 0 Å². The van der Waals surface area contributed by atoms with Crippen molar-refractivity contribution < 1.29 is 9.50 Å². The fourth-order valence-electron chi connectivity index (χ4n) is 1.59. The minimum absolute atomic E-state index is 0.302. The van der Waals surface area contributed by atoms with Crippen LogP contribution in [0, 0.1) is 19.7 Å². The average Bonchev–Trinajstić information content (AvgIpc) is 2.01. The first kappa shape index (κ1) is 11.5. The van der Waals surface area contributed by atoms with Gasteiger partial charge in [-0.3, -0.25) is 0 Å².